The summed E-state index contributed by atoms with van der Waals surface area (Å²) in [7, 11) is 0. The summed E-state index contributed by atoms with van der Waals surface area (Å²) >= 11 is 0. The van der Waals surface area contributed by atoms with Gasteiger partial charge in [-0.15, -0.1) is 0 Å². The predicted octanol–water partition coefficient (Wildman–Crippen LogP) is 0.610. The van der Waals surface area contributed by atoms with Crippen LogP contribution < -0.4 is 10.9 Å². The highest BCUT2D eigenvalue weighted by molar-refractivity contribution is 5.93. The maximum Gasteiger partial charge on any atom is 0.251 e. The van der Waals surface area contributed by atoms with Gasteiger partial charge in [0.1, 0.15) is 0 Å². The summed E-state index contributed by atoms with van der Waals surface area (Å²) in [5.41, 5.74) is 0.203. The number of aryl methyl sites for hydroxylation is 1. The van der Waals surface area contributed by atoms with Crippen molar-refractivity contribution in [1.82, 2.24) is 14.8 Å². The lowest BCUT2D eigenvalue weighted by molar-refractivity contribution is -0.127. The number of aromatic nitrogens is 1. The molecule has 2 heterocycles. The van der Waals surface area contributed by atoms with Gasteiger partial charge in [-0.05, 0) is 25.8 Å². The van der Waals surface area contributed by atoms with Gasteiger partial charge in [0.05, 0.1) is 0 Å². The molecule has 1 fully saturated rings. The zero-order chi connectivity index (χ0) is 15.2. The Hall–Kier alpha value is -2.11. The van der Waals surface area contributed by atoms with Gasteiger partial charge < -0.3 is 14.8 Å². The Morgan fingerprint density at radius 3 is 2.81 bits per heavy atom. The fraction of sp³-hybridized carbons (Fsp3) is 0.533. The second-order valence-corrected chi connectivity index (χ2v) is 5.13. The molecule has 2 amide bonds. The van der Waals surface area contributed by atoms with Crippen LogP contribution in [0.4, 0.5) is 0 Å². The summed E-state index contributed by atoms with van der Waals surface area (Å²) in [6, 6.07) is 2.99. The summed E-state index contributed by atoms with van der Waals surface area (Å²) in [5.74, 6) is -0.0485. The highest BCUT2D eigenvalue weighted by Gasteiger charge is 2.19. The van der Waals surface area contributed by atoms with Crippen molar-refractivity contribution in [1.29, 1.82) is 0 Å². The van der Waals surface area contributed by atoms with Crippen molar-refractivity contribution in [2.75, 3.05) is 19.6 Å². The lowest BCUT2D eigenvalue weighted by Crippen LogP contribution is -2.31. The zero-order valence-electron chi connectivity index (χ0n) is 12.3. The number of carbonyl (C=O) groups is 2. The Morgan fingerprint density at radius 1 is 1.38 bits per heavy atom. The SMILES string of the molecule is CCn1ccc(C(=O)NCCCN2CCCC2=O)cc1=O. The third kappa shape index (κ3) is 3.93. The summed E-state index contributed by atoms with van der Waals surface area (Å²) in [6.07, 6.45) is 3.92. The molecule has 1 saturated heterocycles. The monoisotopic (exact) mass is 291 g/mol. The van der Waals surface area contributed by atoms with Gasteiger partial charge in [-0.25, -0.2) is 0 Å². The second kappa shape index (κ2) is 7.06. The van der Waals surface area contributed by atoms with Crippen molar-refractivity contribution in [3.05, 3.63) is 34.2 Å². The van der Waals surface area contributed by atoms with Crippen LogP contribution in [0.15, 0.2) is 23.1 Å². The number of carbonyl (C=O) groups excluding carboxylic acids is 2. The first-order valence-electron chi connectivity index (χ1n) is 7.38. The van der Waals surface area contributed by atoms with E-state index in [9.17, 15) is 14.4 Å². The molecule has 1 aliphatic rings. The van der Waals surface area contributed by atoms with Crippen molar-refractivity contribution in [2.45, 2.75) is 32.7 Å². The quantitative estimate of drug-likeness (QED) is 0.781. The Morgan fingerprint density at radius 2 is 2.19 bits per heavy atom. The van der Waals surface area contributed by atoms with Gasteiger partial charge in [0.15, 0.2) is 0 Å². The lowest BCUT2D eigenvalue weighted by Gasteiger charge is -2.15. The predicted molar refractivity (Wildman–Crippen MR) is 79.1 cm³/mol. The van der Waals surface area contributed by atoms with Crippen LogP contribution in [-0.2, 0) is 11.3 Å². The Labute approximate surface area is 123 Å². The molecular formula is C15H21N3O3. The van der Waals surface area contributed by atoms with E-state index in [0.717, 1.165) is 19.4 Å². The van der Waals surface area contributed by atoms with Gasteiger partial charge in [-0.3, -0.25) is 14.4 Å². The van der Waals surface area contributed by atoms with Crippen molar-refractivity contribution in [3.8, 4) is 0 Å². The lowest BCUT2D eigenvalue weighted by atomic mass is 10.2. The molecule has 0 saturated carbocycles. The second-order valence-electron chi connectivity index (χ2n) is 5.13. The van der Waals surface area contributed by atoms with Crippen LogP contribution in [0.3, 0.4) is 0 Å². The van der Waals surface area contributed by atoms with E-state index in [1.165, 1.54) is 10.6 Å². The Bertz CT molecular complexity index is 580. The first-order chi connectivity index (χ1) is 10.1. The summed E-state index contributed by atoms with van der Waals surface area (Å²) < 4.78 is 1.54. The average molecular weight is 291 g/mol. The van der Waals surface area contributed by atoms with E-state index < -0.39 is 0 Å². The third-order valence-electron chi connectivity index (χ3n) is 3.66. The standard InChI is InChI=1S/C15H21N3O3/c1-2-17-10-6-12(11-14(17)20)15(21)16-7-4-9-18-8-3-5-13(18)19/h6,10-11H,2-5,7-9H2,1H3,(H,16,21). The molecule has 0 aromatic carbocycles. The minimum atomic E-state index is -0.247. The van der Waals surface area contributed by atoms with Crippen LogP contribution in [-0.4, -0.2) is 40.9 Å². The minimum absolute atomic E-state index is 0.173. The van der Waals surface area contributed by atoms with Gasteiger partial charge in [0, 0.05) is 50.4 Å². The van der Waals surface area contributed by atoms with E-state index in [1.807, 2.05) is 11.8 Å². The fourth-order valence-electron chi connectivity index (χ4n) is 2.42. The number of hydrogen-bond acceptors (Lipinski definition) is 3. The van der Waals surface area contributed by atoms with Gasteiger partial charge in [-0.2, -0.15) is 0 Å². The fourth-order valence-corrected chi connectivity index (χ4v) is 2.42. The highest BCUT2D eigenvalue weighted by atomic mass is 16.2. The van der Waals surface area contributed by atoms with Crippen LogP contribution >= 0.6 is 0 Å². The Kier molecular flexibility index (Phi) is 5.14. The molecule has 0 radical (unpaired) electrons. The maximum absolute atomic E-state index is 11.9. The normalized spacial score (nSPS) is 14.5. The highest BCUT2D eigenvalue weighted by Crippen LogP contribution is 2.09. The molecule has 21 heavy (non-hydrogen) atoms. The van der Waals surface area contributed by atoms with Gasteiger partial charge >= 0.3 is 0 Å². The molecule has 1 aromatic rings. The van der Waals surface area contributed by atoms with E-state index in [2.05, 4.69) is 5.32 Å². The van der Waals surface area contributed by atoms with Gasteiger partial charge in [0.2, 0.25) is 5.91 Å². The molecule has 1 N–H and O–H groups in total. The molecule has 0 spiro atoms. The summed E-state index contributed by atoms with van der Waals surface area (Å²) in [4.78, 5) is 36.8. The molecule has 114 valence electrons. The van der Waals surface area contributed by atoms with Gasteiger partial charge in [0.25, 0.3) is 11.5 Å². The summed E-state index contributed by atoms with van der Waals surface area (Å²) in [6.45, 7) is 4.46. The maximum atomic E-state index is 11.9. The molecular weight excluding hydrogens is 270 g/mol. The molecule has 0 atom stereocenters. The molecule has 6 heteroatoms. The van der Waals surface area contributed by atoms with Crippen LogP contribution in [0.25, 0.3) is 0 Å². The van der Waals surface area contributed by atoms with Gasteiger partial charge in [-0.1, -0.05) is 0 Å². The van der Waals surface area contributed by atoms with Crippen molar-refractivity contribution < 1.29 is 9.59 Å². The molecule has 2 rings (SSSR count). The van der Waals surface area contributed by atoms with E-state index in [0.29, 0.717) is 31.6 Å². The first kappa shape index (κ1) is 15.3. The zero-order valence-corrected chi connectivity index (χ0v) is 12.3. The van der Waals surface area contributed by atoms with Crippen molar-refractivity contribution in [3.63, 3.8) is 0 Å². The van der Waals surface area contributed by atoms with E-state index >= 15 is 0 Å². The largest absolute Gasteiger partial charge is 0.352 e. The van der Waals surface area contributed by atoms with Crippen LogP contribution in [0.5, 0.6) is 0 Å². The summed E-state index contributed by atoms with van der Waals surface area (Å²) in [5, 5.41) is 2.78. The minimum Gasteiger partial charge on any atom is -0.352 e. The molecule has 1 aromatic heterocycles. The van der Waals surface area contributed by atoms with E-state index in [-0.39, 0.29) is 17.4 Å². The number of hydrogen-bond donors (Lipinski definition) is 1. The molecule has 6 nitrogen and oxygen atoms in total. The number of rotatable bonds is 6. The average Bonchev–Trinajstić information content (AvgIpc) is 2.88. The van der Waals surface area contributed by atoms with Crippen LogP contribution in [0.1, 0.15) is 36.5 Å². The first-order valence-corrected chi connectivity index (χ1v) is 7.38. The smallest absolute Gasteiger partial charge is 0.251 e. The number of likely N-dealkylation sites (tertiary alicyclic amines) is 1. The number of nitrogens with zero attached hydrogens (tertiary/aromatic N) is 2. The third-order valence-corrected chi connectivity index (χ3v) is 3.66. The van der Waals surface area contributed by atoms with Crippen LogP contribution in [0, 0.1) is 0 Å². The molecule has 1 aliphatic heterocycles. The van der Waals surface area contributed by atoms with E-state index in [1.54, 1.807) is 12.3 Å². The number of nitrogens with one attached hydrogen (secondary N) is 1. The van der Waals surface area contributed by atoms with E-state index in [4.69, 9.17) is 0 Å². The molecule has 0 aliphatic carbocycles. The van der Waals surface area contributed by atoms with Crippen molar-refractivity contribution >= 4 is 11.8 Å². The number of pyridine rings is 1. The topological polar surface area (TPSA) is 71.4 Å². The van der Waals surface area contributed by atoms with Crippen LogP contribution in [0.2, 0.25) is 0 Å². The molecule has 0 bridgehead atoms. The van der Waals surface area contributed by atoms with Crippen molar-refractivity contribution in [2.24, 2.45) is 0 Å². The number of amides is 2. The Balaban J connectivity index is 1.78. The molecule has 0 unspecified atom stereocenters.